The Kier molecular flexibility index (Phi) is 8.29. The second-order valence-electron chi connectivity index (χ2n) is 8.48. The molecule has 0 saturated heterocycles. The summed E-state index contributed by atoms with van der Waals surface area (Å²) >= 11 is 6.14. The van der Waals surface area contributed by atoms with E-state index < -0.39 is 11.9 Å². The number of hydrogen-bond acceptors (Lipinski definition) is 8. The SMILES string of the molecule is CCCCOc1ccc(C2C(C#N)=C(N)Oc3cc(OC(=O)c4ccc(OC)c(Cl)c4)ccc32)cc1OC. The topological polar surface area (TPSA) is 113 Å². The predicted molar refractivity (Wildman–Crippen MR) is 142 cm³/mol. The highest BCUT2D eigenvalue weighted by Gasteiger charge is 2.32. The summed E-state index contributed by atoms with van der Waals surface area (Å²) in [6, 6.07) is 17.2. The summed E-state index contributed by atoms with van der Waals surface area (Å²) in [6.45, 7) is 2.67. The molecule has 0 bridgehead atoms. The van der Waals surface area contributed by atoms with Crippen molar-refractivity contribution in [1.29, 1.82) is 5.26 Å². The maximum atomic E-state index is 12.7. The van der Waals surface area contributed by atoms with Gasteiger partial charge < -0.3 is 29.4 Å². The average Bonchev–Trinajstić information content (AvgIpc) is 2.92. The normalized spacial score (nSPS) is 14.1. The Morgan fingerprint density at radius 3 is 2.50 bits per heavy atom. The van der Waals surface area contributed by atoms with Crippen LogP contribution in [0, 0.1) is 11.3 Å². The standard InChI is InChI=1S/C29H27ClN2O6/c1-4-5-12-36-24-11-6-17(14-26(24)35-3)27-20-9-8-19(15-25(20)38-28(32)21(27)16-31)37-29(33)18-7-10-23(34-2)22(30)13-18/h6-11,13-15,27H,4-5,12,32H2,1-3H3. The number of methoxy groups -OCH3 is 2. The molecular formula is C29H27ClN2O6. The van der Waals surface area contributed by atoms with Gasteiger partial charge in [0.2, 0.25) is 5.88 Å². The van der Waals surface area contributed by atoms with Crippen molar-refractivity contribution >= 4 is 17.6 Å². The van der Waals surface area contributed by atoms with Crippen molar-refractivity contribution in [2.24, 2.45) is 5.73 Å². The van der Waals surface area contributed by atoms with Crippen molar-refractivity contribution in [3.8, 4) is 34.8 Å². The Hall–Kier alpha value is -4.35. The van der Waals surface area contributed by atoms with Crippen molar-refractivity contribution in [2.75, 3.05) is 20.8 Å². The van der Waals surface area contributed by atoms with Crippen LogP contribution in [-0.4, -0.2) is 26.8 Å². The highest BCUT2D eigenvalue weighted by molar-refractivity contribution is 6.32. The highest BCUT2D eigenvalue weighted by Crippen LogP contribution is 2.45. The van der Waals surface area contributed by atoms with E-state index in [2.05, 4.69) is 13.0 Å². The van der Waals surface area contributed by atoms with E-state index in [-0.39, 0.29) is 27.8 Å². The number of benzene rings is 3. The Bertz CT molecular complexity index is 1430. The molecule has 1 heterocycles. The predicted octanol–water partition coefficient (Wildman–Crippen LogP) is 5.97. The molecule has 2 N–H and O–H groups in total. The van der Waals surface area contributed by atoms with E-state index in [9.17, 15) is 10.1 Å². The van der Waals surface area contributed by atoms with Gasteiger partial charge in [-0.3, -0.25) is 0 Å². The molecule has 0 radical (unpaired) electrons. The number of hydrogen-bond donors (Lipinski definition) is 1. The monoisotopic (exact) mass is 534 g/mol. The van der Waals surface area contributed by atoms with Gasteiger partial charge in [0.05, 0.1) is 37.3 Å². The first-order chi connectivity index (χ1) is 18.4. The molecule has 3 aromatic carbocycles. The molecule has 0 spiro atoms. The number of rotatable bonds is 9. The van der Waals surface area contributed by atoms with Crippen LogP contribution < -0.4 is 29.4 Å². The molecule has 196 valence electrons. The lowest BCUT2D eigenvalue weighted by atomic mass is 9.83. The fourth-order valence-corrected chi connectivity index (χ4v) is 4.37. The number of fused-ring (bicyclic) bond motifs is 1. The smallest absolute Gasteiger partial charge is 0.343 e. The zero-order chi connectivity index (χ0) is 27.2. The highest BCUT2D eigenvalue weighted by atomic mass is 35.5. The number of nitrogens with zero attached hydrogens (tertiary/aromatic N) is 1. The number of carbonyl (C=O) groups is 1. The van der Waals surface area contributed by atoms with Crippen LogP contribution >= 0.6 is 11.6 Å². The molecule has 38 heavy (non-hydrogen) atoms. The van der Waals surface area contributed by atoms with Gasteiger partial charge in [0.25, 0.3) is 0 Å². The maximum Gasteiger partial charge on any atom is 0.343 e. The molecule has 4 rings (SSSR count). The van der Waals surface area contributed by atoms with E-state index in [0.29, 0.717) is 35.2 Å². The zero-order valence-corrected chi connectivity index (χ0v) is 22.0. The van der Waals surface area contributed by atoms with Gasteiger partial charge in [0.1, 0.15) is 28.9 Å². The van der Waals surface area contributed by atoms with Crippen LogP contribution in [0.25, 0.3) is 0 Å². The van der Waals surface area contributed by atoms with Gasteiger partial charge in [0, 0.05) is 11.6 Å². The Balaban J connectivity index is 1.65. The summed E-state index contributed by atoms with van der Waals surface area (Å²) in [5.41, 5.74) is 8.12. The molecule has 1 aliphatic heterocycles. The van der Waals surface area contributed by atoms with Crippen molar-refractivity contribution in [1.82, 2.24) is 0 Å². The third-order valence-electron chi connectivity index (χ3n) is 6.07. The Morgan fingerprint density at radius 2 is 1.82 bits per heavy atom. The molecule has 8 nitrogen and oxygen atoms in total. The molecule has 1 unspecified atom stereocenters. The summed E-state index contributed by atoms with van der Waals surface area (Å²) in [4.78, 5) is 12.7. The van der Waals surface area contributed by atoms with Gasteiger partial charge in [-0.2, -0.15) is 5.26 Å². The van der Waals surface area contributed by atoms with Crippen molar-refractivity contribution in [3.05, 3.63) is 87.8 Å². The second-order valence-corrected chi connectivity index (χ2v) is 8.88. The number of nitrogens with two attached hydrogens (primary N) is 1. The summed E-state index contributed by atoms with van der Waals surface area (Å²) < 4.78 is 27.8. The fraction of sp³-hybridized carbons (Fsp3) is 0.241. The second kappa shape index (κ2) is 11.8. The Morgan fingerprint density at radius 1 is 1.05 bits per heavy atom. The summed E-state index contributed by atoms with van der Waals surface area (Å²) in [6.07, 6.45) is 1.94. The first kappa shape index (κ1) is 26.7. The van der Waals surface area contributed by atoms with Crippen molar-refractivity contribution < 1.29 is 28.5 Å². The minimum atomic E-state index is -0.605. The third-order valence-corrected chi connectivity index (χ3v) is 6.36. The Labute approximate surface area is 226 Å². The number of allylic oxidation sites excluding steroid dienone is 1. The molecule has 0 aromatic heterocycles. The average molecular weight is 535 g/mol. The molecular weight excluding hydrogens is 508 g/mol. The van der Waals surface area contributed by atoms with E-state index in [1.54, 1.807) is 37.4 Å². The maximum absolute atomic E-state index is 12.7. The number of unbranched alkanes of at least 4 members (excludes halogenated alkanes) is 1. The van der Waals surface area contributed by atoms with E-state index in [1.807, 2.05) is 18.2 Å². The van der Waals surface area contributed by atoms with Crippen LogP contribution in [0.5, 0.6) is 28.7 Å². The number of nitriles is 1. The van der Waals surface area contributed by atoms with Crippen LogP contribution in [-0.2, 0) is 0 Å². The van der Waals surface area contributed by atoms with E-state index in [4.69, 9.17) is 41.0 Å². The van der Waals surface area contributed by atoms with E-state index >= 15 is 0 Å². The minimum absolute atomic E-state index is 0.0300. The molecule has 0 saturated carbocycles. The number of carbonyl (C=O) groups excluding carboxylic acids is 1. The van der Waals surface area contributed by atoms with Crippen LogP contribution in [0.15, 0.2) is 66.1 Å². The number of ether oxygens (including phenoxy) is 5. The van der Waals surface area contributed by atoms with Gasteiger partial charge in [0.15, 0.2) is 11.5 Å². The lowest BCUT2D eigenvalue weighted by molar-refractivity contribution is 0.0734. The minimum Gasteiger partial charge on any atom is -0.495 e. The van der Waals surface area contributed by atoms with Gasteiger partial charge in [-0.1, -0.05) is 37.1 Å². The third kappa shape index (κ3) is 5.48. The molecule has 3 aromatic rings. The summed E-state index contributed by atoms with van der Waals surface area (Å²) in [5, 5.41) is 10.2. The van der Waals surface area contributed by atoms with Gasteiger partial charge in [-0.25, -0.2) is 4.79 Å². The molecule has 0 fully saturated rings. The van der Waals surface area contributed by atoms with Crippen LogP contribution in [0.4, 0.5) is 0 Å². The molecule has 1 atom stereocenters. The van der Waals surface area contributed by atoms with Crippen LogP contribution in [0.2, 0.25) is 5.02 Å². The lowest BCUT2D eigenvalue weighted by Gasteiger charge is -2.27. The summed E-state index contributed by atoms with van der Waals surface area (Å²) in [7, 11) is 3.05. The first-order valence-corrected chi connectivity index (χ1v) is 12.4. The van der Waals surface area contributed by atoms with E-state index in [1.165, 1.54) is 13.2 Å². The summed E-state index contributed by atoms with van der Waals surface area (Å²) in [5.74, 6) is 1.07. The quantitative estimate of drug-likeness (QED) is 0.203. The van der Waals surface area contributed by atoms with Gasteiger partial charge >= 0.3 is 5.97 Å². The zero-order valence-electron chi connectivity index (χ0n) is 21.2. The van der Waals surface area contributed by atoms with Crippen molar-refractivity contribution in [3.63, 3.8) is 0 Å². The van der Waals surface area contributed by atoms with Crippen LogP contribution in [0.1, 0.15) is 47.2 Å². The van der Waals surface area contributed by atoms with Gasteiger partial charge in [-0.15, -0.1) is 0 Å². The van der Waals surface area contributed by atoms with Gasteiger partial charge in [-0.05, 0) is 48.4 Å². The van der Waals surface area contributed by atoms with Crippen LogP contribution in [0.3, 0.4) is 0 Å². The molecule has 9 heteroatoms. The fourth-order valence-electron chi connectivity index (χ4n) is 4.11. The van der Waals surface area contributed by atoms with E-state index in [0.717, 1.165) is 18.4 Å². The lowest BCUT2D eigenvalue weighted by Crippen LogP contribution is -2.21. The number of esters is 1. The van der Waals surface area contributed by atoms with Crippen molar-refractivity contribution in [2.45, 2.75) is 25.7 Å². The molecule has 0 aliphatic carbocycles. The number of halogens is 1. The molecule has 0 amide bonds. The molecule has 1 aliphatic rings. The largest absolute Gasteiger partial charge is 0.495 e. The first-order valence-electron chi connectivity index (χ1n) is 12.0.